The zero-order chi connectivity index (χ0) is 20.5. The van der Waals surface area contributed by atoms with Crippen molar-refractivity contribution in [1.29, 1.82) is 0 Å². The van der Waals surface area contributed by atoms with Crippen LogP contribution in [0.5, 0.6) is 0 Å². The number of alkyl halides is 3. The Morgan fingerprint density at radius 1 is 1.29 bits per heavy atom. The standard InChI is InChI=1S/C18H20ClF3N4O2/c1-11-17(19)12(2)26(24-11)10-16(27)23-14-9-13(18(20,21)22)3-4-15(14)25-5-7-28-8-6-25/h3-4,9H,5-8,10H2,1-2H3,(H,23,27). The molecule has 2 heterocycles. The molecule has 1 aliphatic heterocycles. The molecule has 2 aromatic rings. The SMILES string of the molecule is Cc1nn(CC(=O)Nc2cc(C(F)(F)F)ccc2N2CCOCC2)c(C)c1Cl. The number of hydrogen-bond donors (Lipinski definition) is 1. The molecular weight excluding hydrogens is 397 g/mol. The average Bonchev–Trinajstić information content (AvgIpc) is 2.88. The molecule has 10 heteroatoms. The van der Waals surface area contributed by atoms with Crippen LogP contribution >= 0.6 is 11.6 Å². The molecular formula is C18H20ClF3N4O2. The zero-order valence-corrected chi connectivity index (χ0v) is 16.2. The van der Waals surface area contributed by atoms with Crippen LogP contribution in [0.25, 0.3) is 0 Å². The molecule has 3 rings (SSSR count). The topological polar surface area (TPSA) is 59.4 Å². The van der Waals surface area contributed by atoms with Crippen molar-refractivity contribution in [1.82, 2.24) is 9.78 Å². The molecule has 1 aliphatic rings. The summed E-state index contributed by atoms with van der Waals surface area (Å²) in [7, 11) is 0. The first-order chi connectivity index (χ1) is 13.2. The second kappa shape index (κ2) is 8.00. The maximum atomic E-state index is 13.2. The number of amides is 1. The molecule has 28 heavy (non-hydrogen) atoms. The van der Waals surface area contributed by atoms with Crippen molar-refractivity contribution in [3.05, 3.63) is 40.2 Å². The Morgan fingerprint density at radius 2 is 1.96 bits per heavy atom. The van der Waals surface area contributed by atoms with E-state index in [0.29, 0.717) is 48.4 Å². The molecule has 152 valence electrons. The van der Waals surface area contributed by atoms with Gasteiger partial charge in [0.25, 0.3) is 0 Å². The number of benzene rings is 1. The third kappa shape index (κ3) is 4.41. The van der Waals surface area contributed by atoms with Gasteiger partial charge in [0.05, 0.1) is 46.6 Å². The number of morpholine rings is 1. The van der Waals surface area contributed by atoms with Crippen LogP contribution < -0.4 is 10.2 Å². The lowest BCUT2D eigenvalue weighted by molar-refractivity contribution is -0.137. The van der Waals surface area contributed by atoms with Gasteiger partial charge in [0.1, 0.15) is 6.54 Å². The summed E-state index contributed by atoms with van der Waals surface area (Å²) >= 11 is 6.08. The van der Waals surface area contributed by atoms with Crippen LogP contribution in [-0.4, -0.2) is 42.0 Å². The Kier molecular flexibility index (Phi) is 5.85. The van der Waals surface area contributed by atoms with Crippen molar-refractivity contribution in [2.75, 3.05) is 36.5 Å². The van der Waals surface area contributed by atoms with Crippen LogP contribution in [0.4, 0.5) is 24.5 Å². The molecule has 0 spiro atoms. The minimum Gasteiger partial charge on any atom is -0.378 e. The van der Waals surface area contributed by atoms with Crippen LogP contribution in [0.15, 0.2) is 18.2 Å². The highest BCUT2D eigenvalue weighted by Gasteiger charge is 2.32. The number of aromatic nitrogens is 2. The Labute approximate surface area is 165 Å². The van der Waals surface area contributed by atoms with Crippen molar-refractivity contribution in [3.63, 3.8) is 0 Å². The van der Waals surface area contributed by atoms with Gasteiger partial charge >= 0.3 is 6.18 Å². The molecule has 0 atom stereocenters. The van der Waals surface area contributed by atoms with Gasteiger partial charge in [-0.2, -0.15) is 18.3 Å². The Bertz CT molecular complexity index is 876. The number of rotatable bonds is 4. The molecule has 1 saturated heterocycles. The van der Waals surface area contributed by atoms with E-state index < -0.39 is 17.6 Å². The van der Waals surface area contributed by atoms with E-state index in [9.17, 15) is 18.0 Å². The number of carbonyl (C=O) groups is 1. The van der Waals surface area contributed by atoms with Crippen LogP contribution in [-0.2, 0) is 22.3 Å². The molecule has 1 fully saturated rings. The highest BCUT2D eigenvalue weighted by atomic mass is 35.5. The Morgan fingerprint density at radius 3 is 2.54 bits per heavy atom. The molecule has 0 aliphatic carbocycles. The average molecular weight is 417 g/mol. The lowest BCUT2D eigenvalue weighted by Gasteiger charge is -2.31. The molecule has 1 aromatic heterocycles. The third-order valence-electron chi connectivity index (χ3n) is 4.54. The normalized spacial score (nSPS) is 15.0. The lowest BCUT2D eigenvalue weighted by atomic mass is 10.1. The van der Waals surface area contributed by atoms with Crippen LogP contribution in [0.2, 0.25) is 5.02 Å². The van der Waals surface area contributed by atoms with Gasteiger partial charge in [0.2, 0.25) is 5.91 Å². The van der Waals surface area contributed by atoms with Gasteiger partial charge in [0, 0.05) is 13.1 Å². The molecule has 0 saturated carbocycles. The monoisotopic (exact) mass is 416 g/mol. The van der Waals surface area contributed by atoms with Crippen molar-refractivity contribution in [3.8, 4) is 0 Å². The van der Waals surface area contributed by atoms with Crippen molar-refractivity contribution in [2.24, 2.45) is 0 Å². The predicted molar refractivity (Wildman–Crippen MR) is 99.8 cm³/mol. The van der Waals surface area contributed by atoms with Gasteiger partial charge in [-0.25, -0.2) is 0 Å². The Balaban J connectivity index is 1.86. The number of nitrogens with zero attached hydrogens (tertiary/aromatic N) is 3. The summed E-state index contributed by atoms with van der Waals surface area (Å²) in [5.41, 5.74) is 1.01. The number of aryl methyl sites for hydroxylation is 1. The first-order valence-corrected chi connectivity index (χ1v) is 9.08. The summed E-state index contributed by atoms with van der Waals surface area (Å²) in [5.74, 6) is -0.490. The van der Waals surface area contributed by atoms with Gasteiger partial charge in [-0.1, -0.05) is 11.6 Å². The van der Waals surface area contributed by atoms with E-state index in [1.54, 1.807) is 13.8 Å². The maximum absolute atomic E-state index is 13.2. The van der Waals surface area contributed by atoms with E-state index in [4.69, 9.17) is 16.3 Å². The predicted octanol–water partition coefficient (Wildman–Crippen LogP) is 3.65. The van der Waals surface area contributed by atoms with Gasteiger partial charge in [-0.3, -0.25) is 9.48 Å². The van der Waals surface area contributed by atoms with Crippen LogP contribution in [0.1, 0.15) is 17.0 Å². The summed E-state index contributed by atoms with van der Waals surface area (Å²) in [6, 6.07) is 3.35. The molecule has 1 amide bonds. The molecule has 1 N–H and O–H groups in total. The van der Waals surface area contributed by atoms with E-state index in [2.05, 4.69) is 10.4 Å². The van der Waals surface area contributed by atoms with E-state index in [0.717, 1.165) is 12.1 Å². The first kappa shape index (κ1) is 20.5. The number of nitrogens with one attached hydrogen (secondary N) is 1. The minimum absolute atomic E-state index is 0.106. The fourth-order valence-electron chi connectivity index (χ4n) is 3.05. The van der Waals surface area contributed by atoms with Crippen molar-refractivity contribution in [2.45, 2.75) is 26.6 Å². The summed E-state index contributed by atoms with van der Waals surface area (Å²) in [6.45, 7) is 5.28. The highest BCUT2D eigenvalue weighted by molar-refractivity contribution is 6.31. The van der Waals surface area contributed by atoms with Crippen molar-refractivity contribution < 1.29 is 22.7 Å². The number of anilines is 2. The molecule has 6 nitrogen and oxygen atoms in total. The van der Waals surface area contributed by atoms with E-state index in [-0.39, 0.29) is 12.2 Å². The number of hydrogen-bond acceptors (Lipinski definition) is 4. The third-order valence-corrected chi connectivity index (χ3v) is 5.08. The molecule has 0 unspecified atom stereocenters. The van der Waals surface area contributed by atoms with Gasteiger partial charge in [-0.05, 0) is 32.0 Å². The molecule has 0 radical (unpaired) electrons. The fraction of sp³-hybridized carbons (Fsp3) is 0.444. The van der Waals surface area contributed by atoms with E-state index in [1.165, 1.54) is 10.7 Å². The van der Waals surface area contributed by atoms with E-state index in [1.807, 2.05) is 4.90 Å². The quantitative estimate of drug-likeness (QED) is 0.826. The largest absolute Gasteiger partial charge is 0.416 e. The molecule has 1 aromatic carbocycles. The smallest absolute Gasteiger partial charge is 0.378 e. The first-order valence-electron chi connectivity index (χ1n) is 8.70. The van der Waals surface area contributed by atoms with Gasteiger partial charge < -0.3 is 15.0 Å². The van der Waals surface area contributed by atoms with Crippen molar-refractivity contribution >= 4 is 28.9 Å². The number of halogens is 4. The van der Waals surface area contributed by atoms with E-state index >= 15 is 0 Å². The molecule has 0 bridgehead atoms. The van der Waals surface area contributed by atoms with Crippen LogP contribution in [0, 0.1) is 13.8 Å². The second-order valence-electron chi connectivity index (χ2n) is 6.52. The minimum atomic E-state index is -4.51. The summed E-state index contributed by atoms with van der Waals surface area (Å²) < 4.78 is 46.2. The Hall–Kier alpha value is -2.26. The van der Waals surface area contributed by atoms with Crippen LogP contribution in [0.3, 0.4) is 0 Å². The summed E-state index contributed by atoms with van der Waals surface area (Å²) in [5, 5.41) is 7.24. The number of carbonyl (C=O) groups excluding carboxylic acids is 1. The highest BCUT2D eigenvalue weighted by Crippen LogP contribution is 2.35. The van der Waals surface area contributed by atoms with Gasteiger partial charge in [-0.15, -0.1) is 0 Å². The number of ether oxygens (including phenoxy) is 1. The summed E-state index contributed by atoms with van der Waals surface area (Å²) in [4.78, 5) is 14.4. The maximum Gasteiger partial charge on any atom is 0.416 e. The second-order valence-corrected chi connectivity index (χ2v) is 6.90. The summed E-state index contributed by atoms with van der Waals surface area (Å²) in [6.07, 6.45) is -4.51. The lowest BCUT2D eigenvalue weighted by Crippen LogP contribution is -2.37. The van der Waals surface area contributed by atoms with Gasteiger partial charge in [0.15, 0.2) is 0 Å². The fourth-order valence-corrected chi connectivity index (χ4v) is 3.18. The zero-order valence-electron chi connectivity index (χ0n) is 15.4.